The second-order valence-corrected chi connectivity index (χ2v) is 5.30. The Morgan fingerprint density at radius 2 is 1.91 bits per heavy atom. The van der Waals surface area contributed by atoms with Crippen molar-refractivity contribution < 1.29 is 4.39 Å². The van der Waals surface area contributed by atoms with Crippen molar-refractivity contribution in [3.63, 3.8) is 0 Å². The smallest absolute Gasteiger partial charge is 0.210 e. The fourth-order valence-electron chi connectivity index (χ4n) is 2.86. The van der Waals surface area contributed by atoms with Gasteiger partial charge in [-0.2, -0.15) is 5.26 Å². The first kappa shape index (κ1) is 13.3. The van der Waals surface area contributed by atoms with E-state index in [0.29, 0.717) is 17.3 Å². The molecule has 6 heteroatoms. The highest BCUT2D eigenvalue weighted by Gasteiger charge is 2.29. The summed E-state index contributed by atoms with van der Waals surface area (Å²) in [7, 11) is 0. The second-order valence-electron chi connectivity index (χ2n) is 5.30. The zero-order valence-corrected chi connectivity index (χ0v) is 12.0. The van der Waals surface area contributed by atoms with Crippen molar-refractivity contribution in [2.75, 3.05) is 5.32 Å². The van der Waals surface area contributed by atoms with Gasteiger partial charge in [0.15, 0.2) is 0 Å². The number of nitriles is 1. The summed E-state index contributed by atoms with van der Waals surface area (Å²) in [5.41, 5.74) is 8.99. The Morgan fingerprint density at radius 1 is 1.17 bits per heavy atom. The van der Waals surface area contributed by atoms with Gasteiger partial charge in [-0.3, -0.25) is 4.57 Å². The molecule has 1 aliphatic heterocycles. The van der Waals surface area contributed by atoms with Crippen LogP contribution in [-0.2, 0) is 0 Å². The molecule has 1 aliphatic rings. The van der Waals surface area contributed by atoms with Crippen LogP contribution in [-0.4, -0.2) is 9.55 Å². The van der Waals surface area contributed by atoms with E-state index < -0.39 is 6.04 Å². The van der Waals surface area contributed by atoms with E-state index in [0.717, 1.165) is 16.6 Å². The summed E-state index contributed by atoms with van der Waals surface area (Å²) in [5, 5.41) is 12.8. The number of benzene rings is 2. The molecule has 0 bridgehead atoms. The summed E-state index contributed by atoms with van der Waals surface area (Å²) in [4.78, 5) is 4.52. The predicted octanol–water partition coefficient (Wildman–Crippen LogP) is 2.99. The van der Waals surface area contributed by atoms with Gasteiger partial charge in [-0.15, -0.1) is 0 Å². The summed E-state index contributed by atoms with van der Waals surface area (Å²) in [6, 6.07) is 15.3. The number of hydrogen-bond donors (Lipinski definition) is 2. The first-order chi connectivity index (χ1) is 11.2. The van der Waals surface area contributed by atoms with Gasteiger partial charge in [-0.05, 0) is 29.8 Å². The summed E-state index contributed by atoms with van der Waals surface area (Å²) < 4.78 is 14.9. The molecule has 0 saturated heterocycles. The lowest BCUT2D eigenvalue weighted by Gasteiger charge is -2.26. The van der Waals surface area contributed by atoms with Crippen LogP contribution < -0.4 is 11.1 Å². The standard InChI is InChI=1S/C17H12FN5/c18-11-7-5-10(6-8-11)15-12(9-19)16(20)23-14-4-2-1-3-13(14)21-17(23)22-15/h1-8,15H,20H2,(H,21,22). The van der Waals surface area contributed by atoms with Crippen LogP contribution in [0.15, 0.2) is 54.1 Å². The molecule has 5 nitrogen and oxygen atoms in total. The van der Waals surface area contributed by atoms with Crippen molar-refractivity contribution in [1.29, 1.82) is 5.26 Å². The van der Waals surface area contributed by atoms with E-state index >= 15 is 0 Å². The zero-order chi connectivity index (χ0) is 16.0. The SMILES string of the molecule is N#CC1=C(N)n2c(nc3ccccc32)NC1c1ccc(F)cc1. The maximum Gasteiger partial charge on any atom is 0.210 e. The third-order valence-electron chi connectivity index (χ3n) is 3.96. The highest BCUT2D eigenvalue weighted by atomic mass is 19.1. The van der Waals surface area contributed by atoms with Gasteiger partial charge >= 0.3 is 0 Å². The maximum absolute atomic E-state index is 13.1. The second kappa shape index (κ2) is 4.85. The normalized spacial score (nSPS) is 16.8. The molecule has 3 aromatic rings. The first-order valence-corrected chi connectivity index (χ1v) is 7.08. The summed E-state index contributed by atoms with van der Waals surface area (Å²) in [6.45, 7) is 0. The molecule has 2 heterocycles. The Hall–Kier alpha value is -3.33. The summed E-state index contributed by atoms with van der Waals surface area (Å²) in [5.74, 6) is 0.577. The topological polar surface area (TPSA) is 79.7 Å². The van der Waals surface area contributed by atoms with Crippen LogP contribution in [0.25, 0.3) is 16.9 Å². The molecule has 3 N–H and O–H groups in total. The lowest BCUT2D eigenvalue weighted by Crippen LogP contribution is -2.26. The molecule has 0 spiro atoms. The summed E-state index contributed by atoms with van der Waals surface area (Å²) in [6.07, 6.45) is 0. The molecule has 23 heavy (non-hydrogen) atoms. The van der Waals surface area contributed by atoms with Crippen LogP contribution in [0.4, 0.5) is 10.3 Å². The van der Waals surface area contributed by atoms with E-state index in [9.17, 15) is 9.65 Å². The van der Waals surface area contributed by atoms with Gasteiger partial charge in [-0.25, -0.2) is 9.37 Å². The lowest BCUT2D eigenvalue weighted by atomic mass is 9.98. The quantitative estimate of drug-likeness (QED) is 0.724. The Morgan fingerprint density at radius 3 is 2.65 bits per heavy atom. The monoisotopic (exact) mass is 305 g/mol. The van der Waals surface area contributed by atoms with Crippen LogP contribution >= 0.6 is 0 Å². The molecule has 1 aromatic heterocycles. The zero-order valence-electron chi connectivity index (χ0n) is 12.0. The van der Waals surface area contributed by atoms with Crippen molar-refractivity contribution in [2.45, 2.75) is 6.04 Å². The highest BCUT2D eigenvalue weighted by molar-refractivity contribution is 5.85. The third-order valence-corrected chi connectivity index (χ3v) is 3.96. The van der Waals surface area contributed by atoms with Gasteiger partial charge in [0.05, 0.1) is 22.6 Å². The van der Waals surface area contributed by atoms with E-state index in [1.807, 2.05) is 24.3 Å². The molecule has 2 aromatic carbocycles. The van der Waals surface area contributed by atoms with Crippen LogP contribution in [0, 0.1) is 17.1 Å². The molecule has 0 radical (unpaired) electrons. The maximum atomic E-state index is 13.1. The van der Waals surface area contributed by atoms with Crippen LogP contribution in [0.5, 0.6) is 0 Å². The molecule has 1 unspecified atom stereocenters. The number of fused-ring (bicyclic) bond motifs is 3. The minimum absolute atomic E-state index is 0.327. The van der Waals surface area contributed by atoms with Gasteiger partial charge in [-0.1, -0.05) is 24.3 Å². The van der Waals surface area contributed by atoms with E-state index in [-0.39, 0.29) is 5.82 Å². The number of hydrogen-bond acceptors (Lipinski definition) is 4. The number of rotatable bonds is 1. The molecular formula is C17H12FN5. The van der Waals surface area contributed by atoms with Gasteiger partial charge in [0.25, 0.3) is 0 Å². The average molecular weight is 305 g/mol. The van der Waals surface area contributed by atoms with E-state index in [1.165, 1.54) is 12.1 Å². The molecule has 112 valence electrons. The molecular weight excluding hydrogens is 293 g/mol. The third kappa shape index (κ3) is 1.94. The Kier molecular flexibility index (Phi) is 2.81. The Balaban J connectivity index is 1.92. The highest BCUT2D eigenvalue weighted by Crippen LogP contribution is 2.36. The molecule has 0 saturated carbocycles. The number of nitrogens with one attached hydrogen (secondary N) is 1. The van der Waals surface area contributed by atoms with Crippen molar-refractivity contribution in [1.82, 2.24) is 9.55 Å². The van der Waals surface area contributed by atoms with E-state index in [1.54, 1.807) is 16.7 Å². The number of aromatic nitrogens is 2. The number of anilines is 1. The number of imidazole rings is 1. The van der Waals surface area contributed by atoms with Crippen LogP contribution in [0.2, 0.25) is 0 Å². The van der Waals surface area contributed by atoms with Crippen LogP contribution in [0.1, 0.15) is 11.6 Å². The molecule has 0 fully saturated rings. The fourth-order valence-corrected chi connectivity index (χ4v) is 2.86. The van der Waals surface area contributed by atoms with Crippen molar-refractivity contribution in [3.8, 4) is 6.07 Å². The number of halogens is 1. The van der Waals surface area contributed by atoms with Gasteiger partial charge in [0.1, 0.15) is 17.7 Å². The van der Waals surface area contributed by atoms with E-state index in [2.05, 4.69) is 16.4 Å². The minimum atomic E-state index is -0.454. The van der Waals surface area contributed by atoms with Crippen molar-refractivity contribution in [3.05, 3.63) is 65.5 Å². The van der Waals surface area contributed by atoms with Crippen molar-refractivity contribution in [2.24, 2.45) is 5.73 Å². The predicted molar refractivity (Wildman–Crippen MR) is 85.5 cm³/mol. The average Bonchev–Trinajstić information content (AvgIpc) is 2.94. The minimum Gasteiger partial charge on any atom is -0.384 e. The number of nitrogens with zero attached hydrogens (tertiary/aromatic N) is 3. The molecule has 1 atom stereocenters. The van der Waals surface area contributed by atoms with E-state index in [4.69, 9.17) is 5.73 Å². The lowest BCUT2D eigenvalue weighted by molar-refractivity contribution is 0.626. The van der Waals surface area contributed by atoms with Crippen molar-refractivity contribution >= 4 is 22.8 Å². The van der Waals surface area contributed by atoms with Crippen LogP contribution in [0.3, 0.4) is 0 Å². The Labute approximate surface area is 131 Å². The number of nitrogens with two attached hydrogens (primary N) is 1. The largest absolute Gasteiger partial charge is 0.384 e. The molecule has 0 aliphatic carbocycles. The fraction of sp³-hybridized carbons (Fsp3) is 0.0588. The van der Waals surface area contributed by atoms with Gasteiger partial charge in [0.2, 0.25) is 5.95 Å². The van der Waals surface area contributed by atoms with Gasteiger partial charge in [0, 0.05) is 0 Å². The Bertz CT molecular complexity index is 978. The molecule has 4 rings (SSSR count). The first-order valence-electron chi connectivity index (χ1n) is 7.08. The summed E-state index contributed by atoms with van der Waals surface area (Å²) >= 11 is 0. The number of para-hydroxylation sites is 2. The molecule has 0 amide bonds. The van der Waals surface area contributed by atoms with Gasteiger partial charge < -0.3 is 11.1 Å².